The van der Waals surface area contributed by atoms with Gasteiger partial charge in [-0.2, -0.15) is 5.90 Å². The Kier molecular flexibility index (Phi) is 8.27. The molecular weight excluding hydrogens is 184 g/mol. The van der Waals surface area contributed by atoms with Gasteiger partial charge in [-0.15, -0.1) is 0 Å². The summed E-state index contributed by atoms with van der Waals surface area (Å²) in [5, 5.41) is 0. The Morgan fingerprint density at radius 2 is 1.93 bits per heavy atom. The summed E-state index contributed by atoms with van der Waals surface area (Å²) < 4.78 is 4.64. The van der Waals surface area contributed by atoms with Crippen molar-refractivity contribution in [3.8, 4) is 0 Å². The lowest BCUT2D eigenvalue weighted by molar-refractivity contribution is 0.0535. The summed E-state index contributed by atoms with van der Waals surface area (Å²) in [4.78, 5) is 16.6. The van der Waals surface area contributed by atoms with Gasteiger partial charge in [-0.05, 0) is 32.5 Å². The van der Waals surface area contributed by atoms with Gasteiger partial charge in [0, 0.05) is 0 Å². The quantitative estimate of drug-likeness (QED) is 0.382. The number of nitrogens with zero attached hydrogens (tertiary/aromatic N) is 1. The zero-order chi connectivity index (χ0) is 10.8. The molecule has 0 saturated heterocycles. The van der Waals surface area contributed by atoms with Crippen molar-refractivity contribution < 1.29 is 14.4 Å². The molecular formula is C9H20N2O3. The summed E-state index contributed by atoms with van der Waals surface area (Å²) in [7, 11) is 0. The molecule has 0 bridgehead atoms. The number of unbranched alkanes of at least 4 members (excludes halogenated alkanes) is 1. The summed E-state index contributed by atoms with van der Waals surface area (Å²) >= 11 is 0. The van der Waals surface area contributed by atoms with Crippen LogP contribution in [0, 0.1) is 0 Å². The Morgan fingerprint density at radius 1 is 1.29 bits per heavy atom. The van der Waals surface area contributed by atoms with Crippen LogP contribution in [0.25, 0.3) is 0 Å². The van der Waals surface area contributed by atoms with E-state index in [4.69, 9.17) is 0 Å². The van der Waals surface area contributed by atoms with E-state index in [1.54, 1.807) is 0 Å². The lowest BCUT2D eigenvalue weighted by Crippen LogP contribution is -2.24. The van der Waals surface area contributed by atoms with Crippen molar-refractivity contribution in [1.29, 1.82) is 0 Å². The zero-order valence-corrected chi connectivity index (χ0v) is 8.99. The van der Waals surface area contributed by atoms with E-state index in [0.29, 0.717) is 6.61 Å². The highest BCUT2D eigenvalue weighted by atomic mass is 16.8. The third-order valence-electron chi connectivity index (χ3n) is 2.08. The van der Waals surface area contributed by atoms with E-state index in [-0.39, 0.29) is 0 Å². The number of carbonyl (C=O) groups excluding carboxylic acids is 1. The molecule has 0 unspecified atom stereocenters. The lowest BCUT2D eigenvalue weighted by Gasteiger charge is -2.17. The van der Waals surface area contributed by atoms with E-state index in [0.717, 1.165) is 32.5 Å². The van der Waals surface area contributed by atoms with Crippen LogP contribution in [0.1, 0.15) is 26.7 Å². The van der Waals surface area contributed by atoms with Crippen LogP contribution >= 0.6 is 0 Å². The van der Waals surface area contributed by atoms with Crippen molar-refractivity contribution in [2.24, 2.45) is 5.90 Å². The Morgan fingerprint density at radius 3 is 2.43 bits per heavy atom. The maximum absolute atomic E-state index is 10.4. The molecule has 0 aromatic heterocycles. The normalized spacial score (nSPS) is 10.3. The second kappa shape index (κ2) is 8.77. The van der Waals surface area contributed by atoms with Gasteiger partial charge in [0.1, 0.15) is 0 Å². The first-order valence-corrected chi connectivity index (χ1v) is 5.00. The van der Waals surface area contributed by atoms with E-state index >= 15 is 0 Å². The SMILES string of the molecule is CCN(CC)CCCCOC(=O)ON. The molecule has 0 heterocycles. The molecule has 2 N–H and O–H groups in total. The molecule has 0 aromatic rings. The zero-order valence-electron chi connectivity index (χ0n) is 8.99. The number of rotatable bonds is 7. The van der Waals surface area contributed by atoms with Crippen LogP contribution < -0.4 is 5.90 Å². The van der Waals surface area contributed by atoms with E-state index in [2.05, 4.69) is 34.2 Å². The summed E-state index contributed by atoms with van der Waals surface area (Å²) in [6, 6.07) is 0. The van der Waals surface area contributed by atoms with Crippen molar-refractivity contribution in [2.45, 2.75) is 26.7 Å². The second-order valence-electron chi connectivity index (χ2n) is 2.95. The van der Waals surface area contributed by atoms with Gasteiger partial charge in [-0.1, -0.05) is 13.8 Å². The van der Waals surface area contributed by atoms with E-state index in [1.165, 1.54) is 0 Å². The van der Waals surface area contributed by atoms with Crippen molar-refractivity contribution in [3.63, 3.8) is 0 Å². The fourth-order valence-corrected chi connectivity index (χ4v) is 1.17. The maximum Gasteiger partial charge on any atom is 0.527 e. The Bertz CT molecular complexity index is 149. The van der Waals surface area contributed by atoms with Crippen LogP contribution in [-0.2, 0) is 9.57 Å². The van der Waals surface area contributed by atoms with E-state index in [1.807, 2.05) is 0 Å². The molecule has 5 nitrogen and oxygen atoms in total. The minimum Gasteiger partial charge on any atom is -0.433 e. The first-order valence-electron chi connectivity index (χ1n) is 5.00. The van der Waals surface area contributed by atoms with Gasteiger partial charge in [0.15, 0.2) is 0 Å². The van der Waals surface area contributed by atoms with Gasteiger partial charge >= 0.3 is 6.16 Å². The number of hydrogen-bond acceptors (Lipinski definition) is 5. The Labute approximate surface area is 85.1 Å². The van der Waals surface area contributed by atoms with Crippen LogP contribution in [0.5, 0.6) is 0 Å². The van der Waals surface area contributed by atoms with Crippen molar-refractivity contribution in [2.75, 3.05) is 26.2 Å². The average molecular weight is 204 g/mol. The molecule has 0 rings (SSSR count). The second-order valence-corrected chi connectivity index (χ2v) is 2.95. The summed E-state index contributed by atoms with van der Waals surface area (Å²) in [6.07, 6.45) is 1.04. The lowest BCUT2D eigenvalue weighted by atomic mass is 10.3. The summed E-state index contributed by atoms with van der Waals surface area (Å²) in [6.45, 7) is 7.79. The molecule has 5 heteroatoms. The first-order chi connectivity index (χ1) is 6.74. The monoisotopic (exact) mass is 204 g/mol. The third kappa shape index (κ3) is 6.68. The number of carbonyl (C=O) groups is 1. The minimum absolute atomic E-state index is 0.372. The largest absolute Gasteiger partial charge is 0.527 e. The fourth-order valence-electron chi connectivity index (χ4n) is 1.17. The summed E-state index contributed by atoms with van der Waals surface area (Å²) in [5.41, 5.74) is 0. The highest BCUT2D eigenvalue weighted by Gasteiger charge is 2.01. The molecule has 0 amide bonds. The van der Waals surface area contributed by atoms with Crippen LogP contribution in [0.3, 0.4) is 0 Å². The number of nitrogens with two attached hydrogens (primary N) is 1. The molecule has 0 aliphatic carbocycles. The molecule has 0 atom stereocenters. The molecule has 0 aliphatic heterocycles. The molecule has 0 aromatic carbocycles. The standard InChI is InChI=1S/C9H20N2O3/c1-3-11(4-2)7-5-6-8-13-9(12)14-10/h3-8,10H2,1-2H3. The highest BCUT2D eigenvalue weighted by Crippen LogP contribution is 1.96. The number of hydrogen-bond donors (Lipinski definition) is 1. The Balaban J connectivity index is 3.24. The van der Waals surface area contributed by atoms with Gasteiger partial charge in [-0.25, -0.2) is 4.79 Å². The van der Waals surface area contributed by atoms with Crippen LogP contribution in [0.15, 0.2) is 0 Å². The van der Waals surface area contributed by atoms with E-state index in [9.17, 15) is 4.79 Å². The van der Waals surface area contributed by atoms with Gasteiger partial charge in [0.2, 0.25) is 0 Å². The average Bonchev–Trinajstić information content (AvgIpc) is 2.23. The van der Waals surface area contributed by atoms with Crippen molar-refractivity contribution >= 4 is 6.16 Å². The van der Waals surface area contributed by atoms with Gasteiger partial charge < -0.3 is 14.5 Å². The van der Waals surface area contributed by atoms with Gasteiger partial charge in [-0.3, -0.25) is 0 Å². The molecule has 84 valence electrons. The highest BCUT2D eigenvalue weighted by molar-refractivity contribution is 5.59. The molecule has 14 heavy (non-hydrogen) atoms. The predicted octanol–water partition coefficient (Wildman–Crippen LogP) is 1.14. The van der Waals surface area contributed by atoms with Crippen molar-refractivity contribution in [1.82, 2.24) is 4.90 Å². The van der Waals surface area contributed by atoms with Crippen LogP contribution in [-0.4, -0.2) is 37.3 Å². The van der Waals surface area contributed by atoms with Gasteiger partial charge in [0.05, 0.1) is 6.61 Å². The topological polar surface area (TPSA) is 64.8 Å². The minimum atomic E-state index is -0.812. The molecule has 0 radical (unpaired) electrons. The number of ether oxygens (including phenoxy) is 1. The molecule has 0 saturated carbocycles. The van der Waals surface area contributed by atoms with E-state index < -0.39 is 6.16 Å². The third-order valence-corrected chi connectivity index (χ3v) is 2.08. The Hall–Kier alpha value is -0.810. The van der Waals surface area contributed by atoms with Crippen LogP contribution in [0.2, 0.25) is 0 Å². The molecule has 0 aliphatic rings. The fraction of sp³-hybridized carbons (Fsp3) is 0.889. The maximum atomic E-state index is 10.4. The predicted molar refractivity (Wildman–Crippen MR) is 53.6 cm³/mol. The van der Waals surface area contributed by atoms with Crippen LogP contribution in [0.4, 0.5) is 4.79 Å². The van der Waals surface area contributed by atoms with Crippen molar-refractivity contribution in [3.05, 3.63) is 0 Å². The summed E-state index contributed by atoms with van der Waals surface area (Å²) in [5.74, 6) is 4.60. The molecule has 0 fully saturated rings. The first kappa shape index (κ1) is 13.2. The molecule has 0 spiro atoms. The van der Waals surface area contributed by atoms with Gasteiger partial charge in [0.25, 0.3) is 0 Å². The smallest absolute Gasteiger partial charge is 0.433 e.